The third kappa shape index (κ3) is 4.05. The second-order valence-electron chi connectivity index (χ2n) is 7.26. The Bertz CT molecular complexity index is 1360. The summed E-state index contributed by atoms with van der Waals surface area (Å²) in [5.41, 5.74) is 1.65. The number of aromatic carboxylic acids is 1. The van der Waals surface area contributed by atoms with Crippen LogP contribution >= 0.6 is 11.6 Å². The summed E-state index contributed by atoms with van der Waals surface area (Å²) in [6.07, 6.45) is 0. The third-order valence-corrected chi connectivity index (χ3v) is 5.48. The molecule has 4 rings (SSSR count). The minimum atomic E-state index is -1.20. The number of amides is 1. The maximum atomic E-state index is 14.7. The van der Waals surface area contributed by atoms with Crippen molar-refractivity contribution in [3.8, 4) is 11.3 Å². The minimum Gasteiger partial charge on any atom is -0.478 e. The van der Waals surface area contributed by atoms with Gasteiger partial charge in [0.15, 0.2) is 0 Å². The lowest BCUT2D eigenvalue weighted by Crippen LogP contribution is -2.28. The van der Waals surface area contributed by atoms with Crippen molar-refractivity contribution in [2.75, 3.05) is 0 Å². The Kier molecular flexibility index (Phi) is 5.88. The van der Waals surface area contributed by atoms with E-state index in [2.05, 4.69) is 10.3 Å². The van der Waals surface area contributed by atoms with Gasteiger partial charge in [0.25, 0.3) is 5.91 Å². The molecule has 1 atom stereocenters. The number of nitrogens with zero attached hydrogens (tertiary/aromatic N) is 1. The zero-order valence-corrected chi connectivity index (χ0v) is 17.7. The molecule has 7 heteroatoms. The van der Waals surface area contributed by atoms with Gasteiger partial charge in [-0.25, -0.2) is 14.2 Å². The first-order valence-corrected chi connectivity index (χ1v) is 10.2. The number of carboxylic acid groups (broad SMARTS) is 1. The lowest BCUT2D eigenvalue weighted by atomic mass is 9.97. The molecule has 0 spiro atoms. The molecule has 1 aromatic heterocycles. The second kappa shape index (κ2) is 8.77. The number of benzene rings is 3. The van der Waals surface area contributed by atoms with Gasteiger partial charge in [0.1, 0.15) is 5.82 Å². The molecule has 0 unspecified atom stereocenters. The average Bonchev–Trinajstić information content (AvgIpc) is 2.79. The van der Waals surface area contributed by atoms with Crippen molar-refractivity contribution < 1.29 is 19.1 Å². The fourth-order valence-electron chi connectivity index (χ4n) is 3.60. The summed E-state index contributed by atoms with van der Waals surface area (Å²) in [6, 6.07) is 18.7. The van der Waals surface area contributed by atoms with Gasteiger partial charge in [0.05, 0.1) is 33.4 Å². The summed E-state index contributed by atoms with van der Waals surface area (Å²) < 4.78 is 14.7. The molecule has 1 amide bonds. The van der Waals surface area contributed by atoms with Crippen LogP contribution in [0.15, 0.2) is 72.8 Å². The highest BCUT2D eigenvalue weighted by Gasteiger charge is 2.22. The molecular formula is C25H18ClFN2O3. The molecule has 0 aliphatic heterocycles. The fourth-order valence-corrected chi connectivity index (χ4v) is 3.82. The zero-order chi connectivity index (χ0) is 22.8. The maximum Gasteiger partial charge on any atom is 0.336 e. The number of pyridine rings is 1. The molecular weight excluding hydrogens is 431 g/mol. The molecule has 160 valence electrons. The lowest BCUT2D eigenvalue weighted by molar-refractivity contribution is 0.0690. The Hall–Kier alpha value is -3.77. The van der Waals surface area contributed by atoms with Gasteiger partial charge in [-0.05, 0) is 43.3 Å². The number of carboxylic acids is 1. The normalized spacial score (nSPS) is 11.8. The number of rotatable bonds is 5. The van der Waals surface area contributed by atoms with Gasteiger partial charge >= 0.3 is 5.97 Å². The van der Waals surface area contributed by atoms with Crippen LogP contribution in [-0.2, 0) is 0 Å². The summed E-state index contributed by atoms with van der Waals surface area (Å²) in [7, 11) is 0. The molecule has 0 aliphatic carbocycles. The van der Waals surface area contributed by atoms with Gasteiger partial charge in [-0.15, -0.1) is 0 Å². The van der Waals surface area contributed by atoms with E-state index < -0.39 is 23.7 Å². The van der Waals surface area contributed by atoms with E-state index in [-0.39, 0.29) is 16.7 Å². The number of aromatic nitrogens is 1. The fraction of sp³-hybridized carbons (Fsp3) is 0.0800. The summed E-state index contributed by atoms with van der Waals surface area (Å²) in [4.78, 5) is 29.0. The van der Waals surface area contributed by atoms with Crippen LogP contribution in [0.25, 0.3) is 22.2 Å². The zero-order valence-electron chi connectivity index (χ0n) is 17.0. The van der Waals surface area contributed by atoms with Crippen molar-refractivity contribution in [2.45, 2.75) is 13.0 Å². The van der Waals surface area contributed by atoms with E-state index >= 15 is 0 Å². The van der Waals surface area contributed by atoms with Crippen LogP contribution in [0.3, 0.4) is 0 Å². The molecule has 0 fully saturated rings. The van der Waals surface area contributed by atoms with Crippen molar-refractivity contribution in [1.82, 2.24) is 10.3 Å². The Morgan fingerprint density at radius 3 is 2.41 bits per heavy atom. The van der Waals surface area contributed by atoms with Crippen LogP contribution in [0.2, 0.25) is 5.02 Å². The molecule has 32 heavy (non-hydrogen) atoms. The minimum absolute atomic E-state index is 0.0380. The molecule has 1 heterocycles. The quantitative estimate of drug-likeness (QED) is 0.399. The van der Waals surface area contributed by atoms with Crippen LogP contribution < -0.4 is 5.32 Å². The lowest BCUT2D eigenvalue weighted by Gasteiger charge is -2.20. The number of para-hydroxylation sites is 1. The number of nitrogens with one attached hydrogen (secondary N) is 1. The monoisotopic (exact) mass is 448 g/mol. The third-order valence-electron chi connectivity index (χ3n) is 5.17. The summed E-state index contributed by atoms with van der Waals surface area (Å²) in [5.74, 6) is -2.21. The molecule has 2 N–H and O–H groups in total. The molecule has 0 saturated heterocycles. The van der Waals surface area contributed by atoms with Gasteiger partial charge < -0.3 is 10.4 Å². The molecule has 0 radical (unpaired) electrons. The first kappa shape index (κ1) is 21.5. The van der Waals surface area contributed by atoms with Gasteiger partial charge in [-0.1, -0.05) is 48.0 Å². The van der Waals surface area contributed by atoms with Gasteiger partial charge in [-0.3, -0.25) is 4.79 Å². The van der Waals surface area contributed by atoms with Crippen molar-refractivity contribution in [1.29, 1.82) is 0 Å². The van der Waals surface area contributed by atoms with Crippen LogP contribution in [0.5, 0.6) is 0 Å². The summed E-state index contributed by atoms with van der Waals surface area (Å²) in [6.45, 7) is 1.74. The van der Waals surface area contributed by atoms with Crippen molar-refractivity contribution in [2.24, 2.45) is 0 Å². The number of fused-ring (bicyclic) bond motifs is 1. The van der Waals surface area contributed by atoms with Crippen LogP contribution in [0, 0.1) is 5.82 Å². The Morgan fingerprint density at radius 2 is 1.69 bits per heavy atom. The molecule has 3 aromatic carbocycles. The van der Waals surface area contributed by atoms with E-state index in [9.17, 15) is 19.1 Å². The highest BCUT2D eigenvalue weighted by atomic mass is 35.5. The average molecular weight is 449 g/mol. The number of carbonyl (C=O) groups excluding carboxylic acids is 1. The van der Waals surface area contributed by atoms with Crippen LogP contribution in [0.1, 0.15) is 39.2 Å². The van der Waals surface area contributed by atoms with Crippen molar-refractivity contribution >= 4 is 34.4 Å². The van der Waals surface area contributed by atoms with E-state index in [1.165, 1.54) is 18.2 Å². The molecule has 5 nitrogen and oxygen atoms in total. The Balaban J connectivity index is 1.81. The first-order chi connectivity index (χ1) is 15.4. The van der Waals surface area contributed by atoms with E-state index in [0.717, 1.165) is 5.39 Å². The summed E-state index contributed by atoms with van der Waals surface area (Å²) in [5, 5.41) is 13.4. The molecule has 0 bridgehead atoms. The summed E-state index contributed by atoms with van der Waals surface area (Å²) >= 11 is 6.32. The number of hydrogen-bond acceptors (Lipinski definition) is 3. The smallest absolute Gasteiger partial charge is 0.336 e. The number of carbonyl (C=O) groups is 2. The molecule has 0 aliphatic rings. The first-order valence-electron chi connectivity index (χ1n) is 9.84. The van der Waals surface area contributed by atoms with E-state index in [0.29, 0.717) is 21.8 Å². The second-order valence-corrected chi connectivity index (χ2v) is 7.67. The SMILES string of the molecule is C[C@H](NC(=O)c1ccccc1C(=O)O)c1cc2cccc(Cl)c2nc1-c1ccccc1F. The van der Waals surface area contributed by atoms with Crippen molar-refractivity contribution in [3.63, 3.8) is 0 Å². The van der Waals surface area contributed by atoms with Gasteiger partial charge in [0.2, 0.25) is 0 Å². The van der Waals surface area contributed by atoms with Crippen LogP contribution in [0.4, 0.5) is 4.39 Å². The molecule has 0 saturated carbocycles. The predicted molar refractivity (Wildman–Crippen MR) is 121 cm³/mol. The molecule has 4 aromatic rings. The van der Waals surface area contributed by atoms with E-state index in [1.54, 1.807) is 49.4 Å². The Labute approximate surface area is 188 Å². The predicted octanol–water partition coefficient (Wildman–Crippen LogP) is 5.88. The largest absolute Gasteiger partial charge is 0.478 e. The maximum absolute atomic E-state index is 14.7. The van der Waals surface area contributed by atoms with Crippen LogP contribution in [-0.4, -0.2) is 22.0 Å². The van der Waals surface area contributed by atoms with Gasteiger partial charge in [0, 0.05) is 16.5 Å². The van der Waals surface area contributed by atoms with E-state index in [4.69, 9.17) is 11.6 Å². The standard InChI is InChI=1S/C25H18ClFN2O3/c1-14(28-24(30)16-8-2-3-9-17(16)25(31)32)19-13-15-7-6-11-20(26)22(15)29-23(19)18-10-4-5-12-21(18)27/h2-14H,1H3,(H,28,30)(H,31,32)/t14-/m0/s1. The highest BCUT2D eigenvalue weighted by molar-refractivity contribution is 6.35. The van der Waals surface area contributed by atoms with Gasteiger partial charge in [-0.2, -0.15) is 0 Å². The highest BCUT2D eigenvalue weighted by Crippen LogP contribution is 2.33. The van der Waals surface area contributed by atoms with E-state index in [1.807, 2.05) is 12.1 Å². The topological polar surface area (TPSA) is 79.3 Å². The Morgan fingerprint density at radius 1 is 1.00 bits per heavy atom. The van der Waals surface area contributed by atoms with Crippen molar-refractivity contribution in [3.05, 3.63) is 100 Å². The number of halogens is 2. The number of hydrogen-bond donors (Lipinski definition) is 2.